The normalized spacial score (nSPS) is 23.5. The van der Waals surface area contributed by atoms with Gasteiger partial charge in [-0.05, 0) is 5.56 Å². The number of hydrogen-bond acceptors (Lipinski definition) is 4. The Bertz CT molecular complexity index is 331. The molecule has 2 atom stereocenters. The molecule has 1 aromatic carbocycles. The van der Waals surface area contributed by atoms with Gasteiger partial charge in [0.2, 0.25) is 0 Å². The second kappa shape index (κ2) is 6.12. The van der Waals surface area contributed by atoms with Crippen LogP contribution in [0.25, 0.3) is 0 Å². The standard InChI is InChI=1S/C13H20N2O2/c14-12(10-16)13-9-15(6-7-17-13)8-11-4-2-1-3-5-11/h1-5,12-13,16H,6-10,14H2/t12-,13?/m1/s1. The van der Waals surface area contributed by atoms with E-state index in [0.29, 0.717) is 6.61 Å². The Hall–Kier alpha value is -0.940. The zero-order valence-corrected chi connectivity index (χ0v) is 9.96. The van der Waals surface area contributed by atoms with E-state index in [-0.39, 0.29) is 18.8 Å². The van der Waals surface area contributed by atoms with Crippen LogP contribution in [0.3, 0.4) is 0 Å². The molecule has 1 aliphatic heterocycles. The van der Waals surface area contributed by atoms with Gasteiger partial charge < -0.3 is 15.6 Å². The maximum Gasteiger partial charge on any atom is 0.0875 e. The number of morpholine rings is 1. The first-order valence-electron chi connectivity index (χ1n) is 6.04. The van der Waals surface area contributed by atoms with Crippen molar-refractivity contribution in [2.45, 2.75) is 18.7 Å². The summed E-state index contributed by atoms with van der Waals surface area (Å²) in [6.07, 6.45) is -0.0579. The maximum absolute atomic E-state index is 9.04. The Balaban J connectivity index is 1.89. The highest BCUT2D eigenvalue weighted by atomic mass is 16.5. The molecule has 1 aromatic rings. The molecule has 94 valence electrons. The minimum Gasteiger partial charge on any atom is -0.395 e. The Morgan fingerprint density at radius 2 is 2.18 bits per heavy atom. The molecule has 1 unspecified atom stereocenters. The topological polar surface area (TPSA) is 58.7 Å². The zero-order chi connectivity index (χ0) is 12.1. The summed E-state index contributed by atoms with van der Waals surface area (Å²) < 4.78 is 5.57. The second-order valence-corrected chi connectivity index (χ2v) is 4.48. The van der Waals surface area contributed by atoms with Crippen LogP contribution in [0.15, 0.2) is 30.3 Å². The van der Waals surface area contributed by atoms with Crippen LogP contribution in [0.5, 0.6) is 0 Å². The van der Waals surface area contributed by atoms with Gasteiger partial charge in [0.05, 0.1) is 25.4 Å². The lowest BCUT2D eigenvalue weighted by atomic mass is 10.1. The largest absolute Gasteiger partial charge is 0.395 e. The van der Waals surface area contributed by atoms with Gasteiger partial charge in [-0.15, -0.1) is 0 Å². The fraction of sp³-hybridized carbons (Fsp3) is 0.538. The number of aliphatic hydroxyl groups excluding tert-OH is 1. The van der Waals surface area contributed by atoms with Crippen LogP contribution >= 0.6 is 0 Å². The number of benzene rings is 1. The minimum atomic E-state index is -0.284. The molecular formula is C13H20N2O2. The highest BCUT2D eigenvalue weighted by molar-refractivity contribution is 5.14. The molecule has 0 aromatic heterocycles. The molecule has 4 nitrogen and oxygen atoms in total. The molecule has 1 heterocycles. The molecule has 4 heteroatoms. The molecule has 0 bridgehead atoms. The first-order valence-corrected chi connectivity index (χ1v) is 6.04. The van der Waals surface area contributed by atoms with Crippen LogP contribution in [0.2, 0.25) is 0 Å². The van der Waals surface area contributed by atoms with E-state index >= 15 is 0 Å². The van der Waals surface area contributed by atoms with Gasteiger partial charge in [0.25, 0.3) is 0 Å². The predicted octanol–water partition coefficient (Wildman–Crippen LogP) is 0.207. The fourth-order valence-corrected chi connectivity index (χ4v) is 2.09. The summed E-state index contributed by atoms with van der Waals surface area (Å²) in [5.41, 5.74) is 7.10. The molecule has 1 saturated heterocycles. The number of nitrogens with two attached hydrogens (primary N) is 1. The van der Waals surface area contributed by atoms with Crippen molar-refractivity contribution in [3.63, 3.8) is 0 Å². The number of aliphatic hydroxyl groups is 1. The van der Waals surface area contributed by atoms with Gasteiger partial charge in [0, 0.05) is 19.6 Å². The van der Waals surface area contributed by atoms with Crippen molar-refractivity contribution in [2.75, 3.05) is 26.3 Å². The van der Waals surface area contributed by atoms with E-state index in [2.05, 4.69) is 17.0 Å². The zero-order valence-electron chi connectivity index (χ0n) is 9.96. The number of rotatable bonds is 4. The van der Waals surface area contributed by atoms with Gasteiger partial charge in [-0.2, -0.15) is 0 Å². The molecule has 3 N–H and O–H groups in total. The van der Waals surface area contributed by atoms with Gasteiger partial charge in [-0.3, -0.25) is 4.90 Å². The monoisotopic (exact) mass is 236 g/mol. The Morgan fingerprint density at radius 3 is 2.88 bits per heavy atom. The molecule has 0 amide bonds. The van der Waals surface area contributed by atoms with E-state index in [4.69, 9.17) is 15.6 Å². The van der Waals surface area contributed by atoms with E-state index in [1.807, 2.05) is 18.2 Å². The van der Waals surface area contributed by atoms with Crippen molar-refractivity contribution in [3.05, 3.63) is 35.9 Å². The average molecular weight is 236 g/mol. The van der Waals surface area contributed by atoms with E-state index in [1.165, 1.54) is 5.56 Å². The van der Waals surface area contributed by atoms with Crippen LogP contribution in [0.4, 0.5) is 0 Å². The van der Waals surface area contributed by atoms with Crippen molar-refractivity contribution in [2.24, 2.45) is 5.73 Å². The Labute approximate surface area is 102 Å². The molecular weight excluding hydrogens is 216 g/mol. The average Bonchev–Trinajstić information content (AvgIpc) is 2.39. The number of ether oxygens (including phenoxy) is 1. The highest BCUT2D eigenvalue weighted by Gasteiger charge is 2.25. The molecule has 0 radical (unpaired) electrons. The summed E-state index contributed by atoms with van der Waals surface area (Å²) in [5.74, 6) is 0. The van der Waals surface area contributed by atoms with E-state index in [1.54, 1.807) is 0 Å². The van der Waals surface area contributed by atoms with Crippen LogP contribution in [0.1, 0.15) is 5.56 Å². The number of nitrogens with zero attached hydrogens (tertiary/aromatic N) is 1. The third-order valence-electron chi connectivity index (χ3n) is 3.11. The lowest BCUT2D eigenvalue weighted by Crippen LogP contribution is -2.51. The summed E-state index contributed by atoms with van der Waals surface area (Å²) in [7, 11) is 0. The first kappa shape index (κ1) is 12.5. The third kappa shape index (κ3) is 3.51. The minimum absolute atomic E-state index is 0.0240. The van der Waals surface area contributed by atoms with E-state index < -0.39 is 0 Å². The van der Waals surface area contributed by atoms with Crippen molar-refractivity contribution in [1.82, 2.24) is 4.90 Å². The summed E-state index contributed by atoms with van der Waals surface area (Å²) in [4.78, 5) is 2.32. The van der Waals surface area contributed by atoms with E-state index in [0.717, 1.165) is 19.6 Å². The maximum atomic E-state index is 9.04. The van der Waals surface area contributed by atoms with Crippen molar-refractivity contribution in [1.29, 1.82) is 0 Å². The lowest BCUT2D eigenvalue weighted by molar-refractivity contribution is -0.0503. The molecule has 17 heavy (non-hydrogen) atoms. The summed E-state index contributed by atoms with van der Waals surface area (Å²) in [6.45, 7) is 3.29. The molecule has 0 aliphatic carbocycles. The Morgan fingerprint density at radius 1 is 1.41 bits per heavy atom. The van der Waals surface area contributed by atoms with Gasteiger partial charge in [0.15, 0.2) is 0 Å². The first-order chi connectivity index (χ1) is 8.29. The van der Waals surface area contributed by atoms with Gasteiger partial charge in [0.1, 0.15) is 0 Å². The van der Waals surface area contributed by atoms with E-state index in [9.17, 15) is 0 Å². The molecule has 1 fully saturated rings. The fourth-order valence-electron chi connectivity index (χ4n) is 2.09. The molecule has 0 saturated carbocycles. The molecule has 2 rings (SSSR count). The third-order valence-corrected chi connectivity index (χ3v) is 3.11. The van der Waals surface area contributed by atoms with Crippen LogP contribution in [-0.2, 0) is 11.3 Å². The SMILES string of the molecule is N[C@H](CO)C1CN(Cc2ccccc2)CCO1. The summed E-state index contributed by atoms with van der Waals surface area (Å²) in [5, 5.41) is 9.04. The quantitative estimate of drug-likeness (QED) is 0.784. The van der Waals surface area contributed by atoms with Crippen molar-refractivity contribution >= 4 is 0 Å². The van der Waals surface area contributed by atoms with Crippen LogP contribution < -0.4 is 5.73 Å². The van der Waals surface area contributed by atoms with Crippen molar-refractivity contribution < 1.29 is 9.84 Å². The number of hydrogen-bond donors (Lipinski definition) is 2. The highest BCUT2D eigenvalue weighted by Crippen LogP contribution is 2.11. The van der Waals surface area contributed by atoms with Gasteiger partial charge in [-0.1, -0.05) is 30.3 Å². The van der Waals surface area contributed by atoms with Gasteiger partial charge >= 0.3 is 0 Å². The van der Waals surface area contributed by atoms with Crippen molar-refractivity contribution in [3.8, 4) is 0 Å². The molecule has 1 aliphatic rings. The summed E-state index contributed by atoms with van der Waals surface area (Å²) >= 11 is 0. The smallest absolute Gasteiger partial charge is 0.0875 e. The molecule has 0 spiro atoms. The Kier molecular flexibility index (Phi) is 4.50. The predicted molar refractivity (Wildman–Crippen MR) is 66.5 cm³/mol. The lowest BCUT2D eigenvalue weighted by Gasteiger charge is -2.35. The van der Waals surface area contributed by atoms with Crippen LogP contribution in [-0.4, -0.2) is 48.5 Å². The second-order valence-electron chi connectivity index (χ2n) is 4.48. The summed E-state index contributed by atoms with van der Waals surface area (Å²) in [6, 6.07) is 10.1. The van der Waals surface area contributed by atoms with Crippen LogP contribution in [0, 0.1) is 0 Å². The van der Waals surface area contributed by atoms with Gasteiger partial charge in [-0.25, -0.2) is 0 Å².